The third-order valence-electron chi connectivity index (χ3n) is 4.63. The summed E-state index contributed by atoms with van der Waals surface area (Å²) in [5, 5.41) is 10.2. The molecule has 22 heavy (non-hydrogen) atoms. The fraction of sp³-hybridized carbons (Fsp3) is 0.421. The molecule has 1 aromatic heterocycles. The highest BCUT2D eigenvalue weighted by molar-refractivity contribution is 5.61. The van der Waals surface area contributed by atoms with Gasteiger partial charge < -0.3 is 5.11 Å². The summed E-state index contributed by atoms with van der Waals surface area (Å²) in [6.45, 7) is 4.21. The van der Waals surface area contributed by atoms with Crippen molar-refractivity contribution < 1.29 is 5.11 Å². The van der Waals surface area contributed by atoms with Gasteiger partial charge in [-0.2, -0.15) is 0 Å². The molecule has 1 N–H and O–H groups in total. The van der Waals surface area contributed by atoms with E-state index in [9.17, 15) is 5.11 Å². The predicted octanol–water partition coefficient (Wildman–Crippen LogP) is 4.22. The van der Waals surface area contributed by atoms with Crippen LogP contribution < -0.4 is 0 Å². The molecule has 1 fully saturated rings. The highest BCUT2D eigenvalue weighted by atomic mass is 16.3. The zero-order valence-corrected chi connectivity index (χ0v) is 13.2. The molecule has 116 valence electrons. The summed E-state index contributed by atoms with van der Waals surface area (Å²) in [6, 6.07) is 12.4. The van der Waals surface area contributed by atoms with E-state index in [0.29, 0.717) is 11.8 Å². The van der Waals surface area contributed by atoms with Crippen molar-refractivity contribution >= 4 is 0 Å². The van der Waals surface area contributed by atoms with Gasteiger partial charge in [0.25, 0.3) is 0 Å². The van der Waals surface area contributed by atoms with Crippen molar-refractivity contribution in [3.8, 4) is 17.0 Å². The zero-order valence-electron chi connectivity index (χ0n) is 13.2. The Morgan fingerprint density at radius 2 is 2.14 bits per heavy atom. The third kappa shape index (κ3) is 3.30. The number of phenolic OH excluding ortho intramolecular Hbond substituents is 1. The number of hydrogen-bond acceptors (Lipinski definition) is 3. The van der Waals surface area contributed by atoms with Crippen LogP contribution in [0, 0.1) is 0 Å². The Morgan fingerprint density at radius 3 is 2.91 bits per heavy atom. The van der Waals surface area contributed by atoms with E-state index in [2.05, 4.69) is 22.9 Å². The van der Waals surface area contributed by atoms with Crippen molar-refractivity contribution in [2.75, 3.05) is 6.54 Å². The molecule has 1 saturated heterocycles. The number of aromatic hydroxyl groups is 1. The molecule has 0 saturated carbocycles. The van der Waals surface area contributed by atoms with E-state index in [-0.39, 0.29) is 0 Å². The lowest BCUT2D eigenvalue weighted by Crippen LogP contribution is -2.38. The lowest BCUT2D eigenvalue weighted by molar-refractivity contribution is 0.135. The molecule has 3 rings (SSSR count). The minimum Gasteiger partial charge on any atom is -0.508 e. The second-order valence-electron chi connectivity index (χ2n) is 6.09. The fourth-order valence-electron chi connectivity index (χ4n) is 3.35. The second kappa shape index (κ2) is 6.93. The maximum absolute atomic E-state index is 10.2. The predicted molar refractivity (Wildman–Crippen MR) is 89.7 cm³/mol. The van der Waals surface area contributed by atoms with E-state index in [1.807, 2.05) is 24.3 Å². The maximum Gasteiger partial charge on any atom is 0.120 e. The van der Waals surface area contributed by atoms with Gasteiger partial charge in [-0.05, 0) is 56.1 Å². The van der Waals surface area contributed by atoms with Crippen LogP contribution in [-0.4, -0.2) is 27.6 Å². The van der Waals surface area contributed by atoms with Gasteiger partial charge in [-0.25, -0.2) is 0 Å². The third-order valence-corrected chi connectivity index (χ3v) is 4.63. The Balaban J connectivity index is 1.84. The molecule has 2 heterocycles. The molecule has 0 unspecified atom stereocenters. The standard InChI is InChI=1S/C19H24N2O/c1-2-17-7-4-6-12-21(17)14-16-13-15(9-10-19(16)22)18-8-3-5-11-20-18/h3,5,8-11,13,17,22H,2,4,6-7,12,14H2,1H3/t17-/m0/s1. The van der Waals surface area contributed by atoms with Crippen molar-refractivity contribution in [1.29, 1.82) is 0 Å². The maximum atomic E-state index is 10.2. The van der Waals surface area contributed by atoms with Crippen LogP contribution in [0.4, 0.5) is 0 Å². The first-order valence-corrected chi connectivity index (χ1v) is 8.25. The molecule has 0 aliphatic carbocycles. The molecule has 3 nitrogen and oxygen atoms in total. The van der Waals surface area contributed by atoms with E-state index in [1.165, 1.54) is 25.7 Å². The van der Waals surface area contributed by atoms with Crippen molar-refractivity contribution in [3.05, 3.63) is 48.2 Å². The van der Waals surface area contributed by atoms with Gasteiger partial charge in [0.1, 0.15) is 5.75 Å². The van der Waals surface area contributed by atoms with Gasteiger partial charge in [0.15, 0.2) is 0 Å². The average molecular weight is 296 g/mol. The molecule has 0 bridgehead atoms. The summed E-state index contributed by atoms with van der Waals surface area (Å²) < 4.78 is 0. The number of benzene rings is 1. The lowest BCUT2D eigenvalue weighted by atomic mass is 9.98. The SMILES string of the molecule is CC[C@H]1CCCCN1Cc1cc(-c2ccccn2)ccc1O. The summed E-state index contributed by atoms with van der Waals surface area (Å²) in [4.78, 5) is 6.92. The Bertz CT molecular complexity index is 612. The van der Waals surface area contributed by atoms with Gasteiger partial charge in [0.05, 0.1) is 5.69 Å². The molecule has 0 amide bonds. The Hall–Kier alpha value is -1.87. The molecule has 0 spiro atoms. The summed E-state index contributed by atoms with van der Waals surface area (Å²) in [5.41, 5.74) is 3.02. The van der Waals surface area contributed by atoms with E-state index >= 15 is 0 Å². The molecule has 1 aromatic carbocycles. The van der Waals surface area contributed by atoms with Crippen LogP contribution in [0.3, 0.4) is 0 Å². The topological polar surface area (TPSA) is 36.4 Å². The largest absolute Gasteiger partial charge is 0.508 e. The normalized spacial score (nSPS) is 19.2. The van der Waals surface area contributed by atoms with E-state index in [4.69, 9.17) is 0 Å². The van der Waals surface area contributed by atoms with Crippen LogP contribution in [0.5, 0.6) is 5.75 Å². The summed E-state index contributed by atoms with van der Waals surface area (Å²) in [7, 11) is 0. The van der Waals surface area contributed by atoms with Crippen LogP contribution in [-0.2, 0) is 6.54 Å². The molecule has 1 aliphatic heterocycles. The van der Waals surface area contributed by atoms with E-state index in [0.717, 1.165) is 29.9 Å². The smallest absolute Gasteiger partial charge is 0.120 e. The van der Waals surface area contributed by atoms with Crippen molar-refractivity contribution in [1.82, 2.24) is 9.88 Å². The van der Waals surface area contributed by atoms with Gasteiger partial charge >= 0.3 is 0 Å². The van der Waals surface area contributed by atoms with Crippen LogP contribution in [0.25, 0.3) is 11.3 Å². The van der Waals surface area contributed by atoms with Gasteiger partial charge in [-0.1, -0.05) is 19.4 Å². The molecular weight excluding hydrogens is 272 g/mol. The van der Waals surface area contributed by atoms with E-state index < -0.39 is 0 Å². The Kier molecular flexibility index (Phi) is 4.74. The van der Waals surface area contributed by atoms with Crippen molar-refractivity contribution in [2.24, 2.45) is 0 Å². The number of piperidine rings is 1. The van der Waals surface area contributed by atoms with E-state index in [1.54, 1.807) is 12.3 Å². The quantitative estimate of drug-likeness (QED) is 0.917. The average Bonchev–Trinajstić information content (AvgIpc) is 2.58. The first-order chi connectivity index (χ1) is 10.8. The minimum absolute atomic E-state index is 0.389. The number of rotatable bonds is 4. The van der Waals surface area contributed by atoms with Gasteiger partial charge in [0.2, 0.25) is 0 Å². The molecule has 3 heteroatoms. The zero-order chi connectivity index (χ0) is 15.4. The Labute approximate surface area is 132 Å². The molecule has 1 atom stereocenters. The molecule has 2 aromatic rings. The van der Waals surface area contributed by atoms with Gasteiger partial charge in [0, 0.05) is 29.9 Å². The number of likely N-dealkylation sites (tertiary alicyclic amines) is 1. The lowest BCUT2D eigenvalue weighted by Gasteiger charge is -2.35. The highest BCUT2D eigenvalue weighted by Gasteiger charge is 2.21. The van der Waals surface area contributed by atoms with Crippen molar-refractivity contribution in [2.45, 2.75) is 45.2 Å². The molecular formula is C19H24N2O. The van der Waals surface area contributed by atoms with Crippen LogP contribution in [0.1, 0.15) is 38.2 Å². The summed E-state index contributed by atoms with van der Waals surface area (Å²) in [5.74, 6) is 0.389. The first kappa shape index (κ1) is 15.0. The first-order valence-electron chi connectivity index (χ1n) is 8.25. The molecule has 0 radical (unpaired) electrons. The number of aromatic nitrogens is 1. The van der Waals surface area contributed by atoms with Crippen LogP contribution in [0.2, 0.25) is 0 Å². The summed E-state index contributed by atoms with van der Waals surface area (Å²) >= 11 is 0. The van der Waals surface area contributed by atoms with Crippen molar-refractivity contribution in [3.63, 3.8) is 0 Å². The van der Waals surface area contributed by atoms with Gasteiger partial charge in [-0.3, -0.25) is 9.88 Å². The Morgan fingerprint density at radius 1 is 1.23 bits per heavy atom. The summed E-state index contributed by atoms with van der Waals surface area (Å²) in [6.07, 6.45) is 6.85. The minimum atomic E-state index is 0.389. The van der Waals surface area contributed by atoms with Crippen LogP contribution in [0.15, 0.2) is 42.6 Å². The number of nitrogens with zero attached hydrogens (tertiary/aromatic N) is 2. The van der Waals surface area contributed by atoms with Gasteiger partial charge in [-0.15, -0.1) is 0 Å². The number of hydrogen-bond donors (Lipinski definition) is 1. The highest BCUT2D eigenvalue weighted by Crippen LogP contribution is 2.28. The fourth-order valence-corrected chi connectivity index (χ4v) is 3.35. The number of phenols is 1. The second-order valence-corrected chi connectivity index (χ2v) is 6.09. The number of pyridine rings is 1. The molecule has 1 aliphatic rings. The monoisotopic (exact) mass is 296 g/mol. The van der Waals surface area contributed by atoms with Crippen LogP contribution >= 0.6 is 0 Å².